The summed E-state index contributed by atoms with van der Waals surface area (Å²) in [6.45, 7) is 2.21. The molecule has 0 heterocycles. The fraction of sp³-hybridized carbons (Fsp3) is 0.348. The van der Waals surface area contributed by atoms with Crippen LogP contribution < -0.4 is 14.2 Å². The second-order valence-electron chi connectivity index (χ2n) is 6.88. The van der Waals surface area contributed by atoms with Crippen molar-refractivity contribution in [2.24, 2.45) is 0 Å². The van der Waals surface area contributed by atoms with E-state index < -0.39 is 16.2 Å². The van der Waals surface area contributed by atoms with Crippen LogP contribution in [0.2, 0.25) is 0 Å². The van der Waals surface area contributed by atoms with Gasteiger partial charge in [-0.3, -0.25) is 0 Å². The molecule has 0 saturated carbocycles. The van der Waals surface area contributed by atoms with Crippen molar-refractivity contribution in [3.63, 3.8) is 0 Å². The highest BCUT2D eigenvalue weighted by Crippen LogP contribution is 2.31. The van der Waals surface area contributed by atoms with Crippen LogP contribution in [0, 0.1) is 6.92 Å². The Labute approximate surface area is 189 Å². The number of nitrogens with one attached hydrogen (secondary N) is 1. The molecule has 174 valence electrons. The van der Waals surface area contributed by atoms with Gasteiger partial charge in [-0.1, -0.05) is 29.8 Å². The van der Waals surface area contributed by atoms with Gasteiger partial charge >= 0.3 is 6.16 Å². The fourth-order valence-corrected chi connectivity index (χ4v) is 3.99. The molecule has 0 saturated heterocycles. The largest absolute Gasteiger partial charge is 0.508 e. The van der Waals surface area contributed by atoms with Crippen molar-refractivity contribution >= 4 is 16.2 Å². The molecular weight excluding hydrogens is 434 g/mol. The summed E-state index contributed by atoms with van der Waals surface area (Å²) >= 11 is 0. The standard InChI is InChI=1S/C23H29NO7S/c1-17-8-10-20(11-9-17)32(26,27)24-13-12-19-16-22(29-3)21(28-2)15-18(19)7-5-6-14-31-23(25)30-4/h5-6,8-11,15-16,24H,7,12-14H2,1-4H3/b6-5-. The molecule has 0 atom stereocenters. The third-order valence-corrected chi connectivity index (χ3v) is 6.17. The lowest BCUT2D eigenvalue weighted by Gasteiger charge is -2.15. The number of methoxy groups -OCH3 is 3. The summed E-state index contributed by atoms with van der Waals surface area (Å²) in [6, 6.07) is 10.4. The summed E-state index contributed by atoms with van der Waals surface area (Å²) in [7, 11) is 0.741. The summed E-state index contributed by atoms with van der Waals surface area (Å²) in [4.78, 5) is 11.2. The maximum Gasteiger partial charge on any atom is 0.508 e. The molecule has 9 heteroatoms. The Kier molecular flexibility index (Phi) is 9.55. The number of rotatable bonds is 11. The first-order valence-electron chi connectivity index (χ1n) is 9.96. The van der Waals surface area contributed by atoms with Gasteiger partial charge in [-0.25, -0.2) is 17.9 Å². The van der Waals surface area contributed by atoms with Gasteiger partial charge in [0.15, 0.2) is 11.5 Å². The highest BCUT2D eigenvalue weighted by Gasteiger charge is 2.15. The van der Waals surface area contributed by atoms with Gasteiger partial charge in [0.05, 0.1) is 26.2 Å². The van der Waals surface area contributed by atoms with Gasteiger partial charge in [-0.15, -0.1) is 0 Å². The predicted octanol–water partition coefficient (Wildman–Crippen LogP) is 3.41. The molecule has 0 aromatic heterocycles. The van der Waals surface area contributed by atoms with E-state index >= 15 is 0 Å². The molecule has 0 fully saturated rings. The SMILES string of the molecule is COC(=O)OC/C=C\Cc1cc(OC)c(OC)cc1CCNS(=O)(=O)c1ccc(C)cc1. The molecule has 32 heavy (non-hydrogen) atoms. The van der Waals surface area contributed by atoms with Crippen LogP contribution in [0.1, 0.15) is 16.7 Å². The van der Waals surface area contributed by atoms with Crippen LogP contribution in [-0.2, 0) is 32.3 Å². The minimum atomic E-state index is -3.60. The highest BCUT2D eigenvalue weighted by molar-refractivity contribution is 7.89. The highest BCUT2D eigenvalue weighted by atomic mass is 32.2. The van der Waals surface area contributed by atoms with Crippen LogP contribution in [0.4, 0.5) is 4.79 Å². The third-order valence-electron chi connectivity index (χ3n) is 4.69. The lowest BCUT2D eigenvalue weighted by atomic mass is 10.0. The maximum absolute atomic E-state index is 12.5. The third kappa shape index (κ3) is 7.28. The lowest BCUT2D eigenvalue weighted by Crippen LogP contribution is -2.26. The number of hydrogen-bond acceptors (Lipinski definition) is 7. The molecule has 2 aromatic carbocycles. The van der Waals surface area contributed by atoms with Gasteiger partial charge in [0.1, 0.15) is 6.61 Å². The van der Waals surface area contributed by atoms with E-state index in [0.717, 1.165) is 16.7 Å². The Bertz CT molecular complexity index is 1030. The molecule has 0 bridgehead atoms. The zero-order chi connectivity index (χ0) is 23.6. The van der Waals surface area contributed by atoms with Crippen LogP contribution in [0.15, 0.2) is 53.4 Å². The Morgan fingerprint density at radius 2 is 1.59 bits per heavy atom. The van der Waals surface area contributed by atoms with Crippen LogP contribution in [0.3, 0.4) is 0 Å². The van der Waals surface area contributed by atoms with Gasteiger partial charge in [-0.05, 0) is 55.2 Å². The summed E-state index contributed by atoms with van der Waals surface area (Å²) in [6.07, 6.45) is 3.79. The Hall–Kier alpha value is -3.04. The van der Waals surface area contributed by atoms with E-state index in [1.165, 1.54) is 7.11 Å². The van der Waals surface area contributed by atoms with Crippen LogP contribution in [0.5, 0.6) is 11.5 Å². The van der Waals surface area contributed by atoms with E-state index in [2.05, 4.69) is 9.46 Å². The Balaban J connectivity index is 2.11. The van der Waals surface area contributed by atoms with Gasteiger partial charge in [-0.2, -0.15) is 0 Å². The van der Waals surface area contributed by atoms with E-state index in [-0.39, 0.29) is 18.0 Å². The average molecular weight is 464 g/mol. The second kappa shape index (κ2) is 12.1. The first-order chi connectivity index (χ1) is 15.3. The summed E-state index contributed by atoms with van der Waals surface area (Å²) < 4.78 is 47.8. The monoisotopic (exact) mass is 463 g/mol. The van der Waals surface area contributed by atoms with Crippen molar-refractivity contribution in [3.05, 3.63) is 65.2 Å². The predicted molar refractivity (Wildman–Crippen MR) is 121 cm³/mol. The van der Waals surface area contributed by atoms with Crippen LogP contribution in [0.25, 0.3) is 0 Å². The van der Waals surface area contributed by atoms with Crippen LogP contribution >= 0.6 is 0 Å². The number of carbonyl (C=O) groups excluding carboxylic acids is 1. The number of benzene rings is 2. The molecular formula is C23H29NO7S. The summed E-state index contributed by atoms with van der Waals surface area (Å²) in [5, 5.41) is 0. The van der Waals surface area contributed by atoms with Crippen LogP contribution in [-0.4, -0.2) is 49.1 Å². The summed E-state index contributed by atoms with van der Waals surface area (Å²) in [5.41, 5.74) is 2.84. The lowest BCUT2D eigenvalue weighted by molar-refractivity contribution is 0.0817. The topological polar surface area (TPSA) is 100 Å². The van der Waals surface area contributed by atoms with Gasteiger partial charge in [0.25, 0.3) is 0 Å². The van der Waals surface area contributed by atoms with Crippen molar-refractivity contribution in [2.45, 2.75) is 24.7 Å². The molecule has 0 aliphatic carbocycles. The maximum atomic E-state index is 12.5. The first-order valence-corrected chi connectivity index (χ1v) is 11.4. The van der Waals surface area contributed by atoms with Crippen molar-refractivity contribution < 1.29 is 32.2 Å². The quantitative estimate of drug-likeness (QED) is 0.403. The number of aryl methyl sites for hydroxylation is 1. The van der Waals surface area contributed by atoms with E-state index in [0.29, 0.717) is 24.3 Å². The summed E-state index contributed by atoms with van der Waals surface area (Å²) in [5.74, 6) is 1.14. The van der Waals surface area contributed by atoms with E-state index in [1.54, 1.807) is 44.6 Å². The number of sulfonamides is 1. The zero-order valence-electron chi connectivity index (χ0n) is 18.7. The minimum Gasteiger partial charge on any atom is -0.493 e. The molecule has 0 amide bonds. The molecule has 1 N–H and O–H groups in total. The molecule has 0 aliphatic heterocycles. The number of ether oxygens (including phenoxy) is 4. The molecule has 2 aromatic rings. The Morgan fingerprint density at radius 3 is 2.19 bits per heavy atom. The molecule has 8 nitrogen and oxygen atoms in total. The normalized spacial score (nSPS) is 11.4. The van der Waals surface area contributed by atoms with Crippen molar-refractivity contribution in [1.82, 2.24) is 4.72 Å². The number of allylic oxidation sites excluding steroid dienone is 1. The van der Waals surface area contributed by atoms with Gasteiger partial charge in [0.2, 0.25) is 10.0 Å². The van der Waals surface area contributed by atoms with Crippen molar-refractivity contribution in [2.75, 3.05) is 34.5 Å². The molecule has 0 spiro atoms. The van der Waals surface area contributed by atoms with E-state index in [4.69, 9.17) is 14.2 Å². The van der Waals surface area contributed by atoms with Crippen molar-refractivity contribution in [3.8, 4) is 11.5 Å². The van der Waals surface area contributed by atoms with Gasteiger partial charge in [0, 0.05) is 6.54 Å². The number of hydrogen-bond donors (Lipinski definition) is 1. The Morgan fingerprint density at radius 1 is 0.969 bits per heavy atom. The molecule has 0 unspecified atom stereocenters. The number of carbonyl (C=O) groups is 1. The average Bonchev–Trinajstić information content (AvgIpc) is 2.79. The smallest absolute Gasteiger partial charge is 0.493 e. The fourth-order valence-electron chi connectivity index (χ4n) is 2.96. The molecule has 0 aliphatic rings. The first kappa shape index (κ1) is 25.2. The van der Waals surface area contributed by atoms with E-state index in [9.17, 15) is 13.2 Å². The molecule has 0 radical (unpaired) electrons. The second-order valence-corrected chi connectivity index (χ2v) is 8.64. The van der Waals surface area contributed by atoms with E-state index in [1.807, 2.05) is 25.1 Å². The van der Waals surface area contributed by atoms with Crippen molar-refractivity contribution in [1.29, 1.82) is 0 Å². The van der Waals surface area contributed by atoms with Gasteiger partial charge < -0.3 is 18.9 Å². The zero-order valence-corrected chi connectivity index (χ0v) is 19.5. The minimum absolute atomic E-state index is 0.0889. The molecule has 2 rings (SSSR count).